The fourth-order valence-corrected chi connectivity index (χ4v) is 10.0. The second-order valence-corrected chi connectivity index (χ2v) is 19.3. The summed E-state index contributed by atoms with van der Waals surface area (Å²) in [4.78, 5) is 87.9. The van der Waals surface area contributed by atoms with Crippen molar-refractivity contribution in [2.45, 2.75) is 113 Å². The molecule has 4 atom stereocenters. The van der Waals surface area contributed by atoms with E-state index in [-0.39, 0.29) is 25.2 Å². The van der Waals surface area contributed by atoms with Crippen LogP contribution < -0.4 is 21.7 Å². The number of nitrogens with one attached hydrogen (secondary N) is 3. The van der Waals surface area contributed by atoms with Crippen LogP contribution in [0.3, 0.4) is 0 Å². The average molecular weight is 1000 g/mol. The number of carbonyl (C=O) groups is 7. The van der Waals surface area contributed by atoms with Crippen molar-refractivity contribution in [1.29, 1.82) is 0 Å². The van der Waals surface area contributed by atoms with E-state index >= 15 is 0 Å². The summed E-state index contributed by atoms with van der Waals surface area (Å²) in [6, 6.07) is 23.5. The summed E-state index contributed by atoms with van der Waals surface area (Å²) in [5.74, 6) is 6.08. The number of nitrogens with zero attached hydrogens (tertiary/aromatic N) is 3. The average Bonchev–Trinajstić information content (AvgIpc) is 3.97. The highest BCUT2D eigenvalue weighted by Gasteiger charge is 2.33. The lowest BCUT2D eigenvalue weighted by Gasteiger charge is -2.26. The third-order valence-electron chi connectivity index (χ3n) is 12.6. The number of rotatable bonds is 20. The molecule has 16 nitrogen and oxygen atoms in total. The minimum absolute atomic E-state index is 0.130. The van der Waals surface area contributed by atoms with E-state index < -0.39 is 85.2 Å². The zero-order valence-corrected chi connectivity index (χ0v) is 41.7. The van der Waals surface area contributed by atoms with E-state index in [0.29, 0.717) is 18.7 Å². The van der Waals surface area contributed by atoms with Crippen molar-refractivity contribution in [1.82, 2.24) is 30.9 Å². The molecule has 0 radical (unpaired) electrons. The number of unbranched alkanes of at least 4 members (excludes halogenated alkanes) is 1. The van der Waals surface area contributed by atoms with Gasteiger partial charge in [0.15, 0.2) is 5.78 Å². The van der Waals surface area contributed by atoms with Gasteiger partial charge in [-0.15, -0.1) is 5.10 Å². The molecule has 2 aliphatic rings. The van der Waals surface area contributed by atoms with E-state index in [0.717, 1.165) is 36.0 Å². The molecule has 4 amide bonds. The predicted octanol–water partition coefficient (Wildman–Crippen LogP) is 6.08. The smallest absolute Gasteiger partial charge is 0.305 e. The fraction of sp³-hybridized carbons (Fsp3) is 0.339. The molecule has 7 N–H and O–H groups in total. The predicted molar refractivity (Wildman–Crippen MR) is 275 cm³/mol. The molecule has 17 heteroatoms. The summed E-state index contributed by atoms with van der Waals surface area (Å²) < 4.78 is 1.63. The number of benzene rings is 4. The highest BCUT2D eigenvalue weighted by atomic mass is 32.2. The molecule has 7 rings (SSSR count). The van der Waals surface area contributed by atoms with Gasteiger partial charge in [0.05, 0.1) is 25.2 Å². The Morgan fingerprint density at radius 2 is 1.55 bits per heavy atom. The Labute approximate surface area is 427 Å². The van der Waals surface area contributed by atoms with Crippen molar-refractivity contribution in [2.24, 2.45) is 17.6 Å². The Kier molecular flexibility index (Phi) is 17.6. The topological polar surface area (TPSA) is 253 Å². The number of amides is 4. The van der Waals surface area contributed by atoms with Gasteiger partial charge in [-0.2, -0.15) is 0 Å². The number of allylic oxidation sites excluding steroid dienone is 1. The van der Waals surface area contributed by atoms with Crippen LogP contribution in [-0.4, -0.2) is 85.2 Å². The first-order valence-corrected chi connectivity index (χ1v) is 25.1. The highest BCUT2D eigenvalue weighted by Crippen LogP contribution is 2.53. The number of carboxylic acids is 2. The lowest BCUT2D eigenvalue weighted by atomic mass is 9.84. The molecule has 1 aromatic heterocycles. The van der Waals surface area contributed by atoms with Crippen molar-refractivity contribution in [3.63, 3.8) is 0 Å². The molecular weight excluding hydrogens is 947 g/mol. The van der Waals surface area contributed by atoms with E-state index in [2.05, 4.69) is 137 Å². The monoisotopic (exact) mass is 1000 g/mol. The zero-order valence-electron chi connectivity index (χ0n) is 40.9. The molecule has 1 aliphatic heterocycles. The third kappa shape index (κ3) is 13.7. The highest BCUT2D eigenvalue weighted by molar-refractivity contribution is 7.99. The van der Waals surface area contributed by atoms with Gasteiger partial charge < -0.3 is 31.9 Å². The van der Waals surface area contributed by atoms with Crippen LogP contribution in [-0.2, 0) is 52.9 Å². The van der Waals surface area contributed by atoms with Crippen LogP contribution in [0, 0.1) is 35.5 Å². The van der Waals surface area contributed by atoms with Gasteiger partial charge in [-0.1, -0.05) is 90.9 Å². The molecule has 2 heterocycles. The maximum Gasteiger partial charge on any atom is 0.305 e. The molecule has 0 spiro atoms. The van der Waals surface area contributed by atoms with Gasteiger partial charge in [-0.25, -0.2) is 0 Å². The summed E-state index contributed by atoms with van der Waals surface area (Å²) in [5, 5.41) is 36.4. The van der Waals surface area contributed by atoms with Gasteiger partial charge in [-0.05, 0) is 113 Å². The maximum absolute atomic E-state index is 13.0. The molecule has 0 saturated carbocycles. The van der Waals surface area contributed by atoms with E-state index in [1.807, 2.05) is 0 Å². The van der Waals surface area contributed by atoms with Crippen molar-refractivity contribution >= 4 is 75.0 Å². The van der Waals surface area contributed by atoms with E-state index in [4.69, 9.17) is 10.8 Å². The minimum atomic E-state index is -1.53. The number of hydrogen-bond donors (Lipinski definition) is 6. The van der Waals surface area contributed by atoms with Gasteiger partial charge in [0, 0.05) is 71.6 Å². The maximum atomic E-state index is 13.0. The zero-order chi connectivity index (χ0) is 52.2. The Balaban J connectivity index is 0.978. The molecule has 2 unspecified atom stereocenters. The van der Waals surface area contributed by atoms with Crippen LogP contribution in [0.1, 0.15) is 111 Å². The number of aliphatic carboxylic acids is 2. The standard InChI is InChI=1S/C56H57N7O9S/c1-4-5-6-11-35-15-21-46-43(27-35)53(51-33(2)26-38-18-17-37-13-7-8-14-42(37)52(38)51)44-28-36(16-22-47(44)73-46)12-9-10-25-63-32-40(61-62-63)20-23-48(65)60-45(30-50(68)69)56(72)58-31-41(64)29-39(19-24-49(66)67)55(71)59-34(3)54(57)70/h7-8,13-18,21-22,27-28,32-34,39,45H,4-5,10,19-20,23-26,29-31H2,1-3H3,(H2,57,70)(H,58,72)(H,59,71)(H,60,65)(H,66,67)(H,68,69)/b53-51+/t33?,34-,39?,45-/m0/s1. The van der Waals surface area contributed by atoms with Crippen molar-refractivity contribution in [3.05, 3.63) is 118 Å². The number of nitrogens with two attached hydrogens (primary N) is 1. The molecular formula is C56H57N7O9S. The molecule has 4 aromatic carbocycles. The largest absolute Gasteiger partial charge is 0.481 e. The first-order valence-electron chi connectivity index (χ1n) is 24.3. The lowest BCUT2D eigenvalue weighted by molar-refractivity contribution is -0.141. The molecule has 1 aliphatic carbocycles. The normalized spacial score (nSPS) is 15.4. The van der Waals surface area contributed by atoms with Crippen LogP contribution in [0.2, 0.25) is 0 Å². The molecule has 0 fully saturated rings. The summed E-state index contributed by atoms with van der Waals surface area (Å²) in [7, 11) is 0. The number of primary amides is 1. The van der Waals surface area contributed by atoms with Crippen LogP contribution >= 0.6 is 11.8 Å². The second-order valence-electron chi connectivity index (χ2n) is 18.3. The minimum Gasteiger partial charge on any atom is -0.481 e. The van der Waals surface area contributed by atoms with E-state index in [1.165, 1.54) is 55.3 Å². The summed E-state index contributed by atoms with van der Waals surface area (Å²) in [6.45, 7) is 5.57. The summed E-state index contributed by atoms with van der Waals surface area (Å²) in [6.07, 6.45) is 2.98. The quantitative estimate of drug-likeness (QED) is 0.0476. The number of ketones is 1. The first-order chi connectivity index (χ1) is 35.1. The van der Waals surface area contributed by atoms with Crippen molar-refractivity contribution in [3.8, 4) is 23.7 Å². The van der Waals surface area contributed by atoms with E-state index in [1.54, 1.807) is 22.6 Å². The van der Waals surface area contributed by atoms with Crippen LogP contribution in [0.4, 0.5) is 0 Å². The number of aromatic nitrogens is 3. The molecule has 5 aromatic rings. The number of fused-ring (bicyclic) bond motifs is 5. The van der Waals surface area contributed by atoms with Crippen LogP contribution in [0.25, 0.3) is 21.9 Å². The van der Waals surface area contributed by atoms with Gasteiger partial charge in [-0.3, -0.25) is 38.2 Å². The van der Waals surface area contributed by atoms with Crippen LogP contribution in [0.15, 0.2) is 88.8 Å². The Morgan fingerprint density at radius 3 is 2.22 bits per heavy atom. The van der Waals surface area contributed by atoms with Crippen molar-refractivity contribution in [2.75, 3.05) is 6.54 Å². The van der Waals surface area contributed by atoms with Gasteiger partial charge in [0.25, 0.3) is 0 Å². The molecule has 73 heavy (non-hydrogen) atoms. The summed E-state index contributed by atoms with van der Waals surface area (Å²) in [5.41, 5.74) is 15.1. The second kappa shape index (κ2) is 24.4. The van der Waals surface area contributed by atoms with Crippen molar-refractivity contribution < 1.29 is 43.8 Å². The van der Waals surface area contributed by atoms with Gasteiger partial charge in [0.2, 0.25) is 23.6 Å². The summed E-state index contributed by atoms with van der Waals surface area (Å²) >= 11 is 1.77. The number of Topliss-reactive ketones (excluding diaryl/α,β-unsaturated/α-hetero) is 1. The van der Waals surface area contributed by atoms with Gasteiger partial charge >= 0.3 is 11.9 Å². The number of hydrogen-bond acceptors (Lipinski definition) is 10. The third-order valence-corrected chi connectivity index (χ3v) is 13.8. The number of aryl methyl sites for hydroxylation is 2. The van der Waals surface area contributed by atoms with Gasteiger partial charge in [0.1, 0.15) is 12.1 Å². The molecule has 0 saturated heterocycles. The first kappa shape index (κ1) is 52.8. The Morgan fingerprint density at radius 1 is 0.849 bits per heavy atom. The fourth-order valence-electron chi connectivity index (χ4n) is 8.95. The number of carbonyl (C=O) groups excluding carboxylic acids is 5. The van der Waals surface area contributed by atoms with Crippen LogP contribution in [0.5, 0.6) is 0 Å². The molecule has 0 bridgehead atoms. The number of carboxylic acid groups (broad SMARTS) is 2. The SMILES string of the molecule is CCCC#Cc1ccc2c(c1)/C(=C1\c3c(ccc4ccccc34)CC1C)c1cc(C#CCCn3cc(CCC(=O)N[C@@H](CC(=O)O)C(=O)NCC(=O)CC(CCC(=O)O)C(=O)N[C@@H](C)C(N)=O)nn3)ccc1S2. The molecule has 376 valence electrons. The van der Waals surface area contributed by atoms with E-state index in [9.17, 15) is 38.7 Å². The Bertz CT molecular complexity index is 3160. The lowest BCUT2D eigenvalue weighted by Crippen LogP contribution is -2.49. The Hall–Kier alpha value is -8.02.